The Labute approximate surface area is 281 Å². The van der Waals surface area contributed by atoms with Gasteiger partial charge in [0.05, 0.1) is 5.39 Å². The minimum atomic E-state index is 0.488. The van der Waals surface area contributed by atoms with Crippen LogP contribution in [0.1, 0.15) is 0 Å². The van der Waals surface area contributed by atoms with E-state index in [4.69, 9.17) is 24.4 Å². The number of rotatable bonds is 4. The first-order valence-electron chi connectivity index (χ1n) is 16.3. The minimum absolute atomic E-state index is 0.488. The van der Waals surface area contributed by atoms with Crippen LogP contribution in [0.3, 0.4) is 0 Å². The molecule has 0 unspecified atom stereocenters. The second kappa shape index (κ2) is 10.9. The Bertz CT molecular complexity index is 2880. The molecule has 0 fully saturated rings. The summed E-state index contributed by atoms with van der Waals surface area (Å²) in [5, 5.41) is 8.78. The maximum atomic E-state index is 6.72. The third-order valence-corrected chi connectivity index (χ3v) is 9.33. The second-order valence-electron chi connectivity index (χ2n) is 12.3. The number of hydrogen-bond donors (Lipinski definition) is 0. The summed E-state index contributed by atoms with van der Waals surface area (Å²) >= 11 is 0. The number of hydrogen-bond acceptors (Lipinski definition) is 5. The molecule has 0 aliphatic rings. The van der Waals surface area contributed by atoms with Gasteiger partial charge in [0.25, 0.3) is 0 Å². The number of fused-ring (bicyclic) bond motifs is 7. The number of pyridine rings is 1. The summed E-state index contributed by atoms with van der Waals surface area (Å²) in [7, 11) is 0. The van der Waals surface area contributed by atoms with E-state index in [2.05, 4.69) is 97.1 Å². The molecule has 0 bridgehead atoms. The zero-order valence-electron chi connectivity index (χ0n) is 26.2. The van der Waals surface area contributed by atoms with Crippen molar-refractivity contribution >= 4 is 54.3 Å². The smallest absolute Gasteiger partial charge is 0.183 e. The average molecular weight is 627 g/mol. The summed E-state index contributed by atoms with van der Waals surface area (Å²) in [6.07, 6.45) is 1.88. The van der Waals surface area contributed by atoms with Gasteiger partial charge in [-0.2, -0.15) is 0 Å². The van der Waals surface area contributed by atoms with Crippen LogP contribution in [0, 0.1) is 0 Å². The quantitative estimate of drug-likeness (QED) is 0.182. The van der Waals surface area contributed by atoms with Gasteiger partial charge in [0.2, 0.25) is 0 Å². The van der Waals surface area contributed by atoms with E-state index in [1.165, 1.54) is 10.8 Å². The van der Waals surface area contributed by atoms with Gasteiger partial charge in [-0.05, 0) is 56.1 Å². The van der Waals surface area contributed by atoms with E-state index in [0.29, 0.717) is 23.2 Å². The maximum absolute atomic E-state index is 6.72. The maximum Gasteiger partial charge on any atom is 0.183 e. The van der Waals surface area contributed by atoms with Crippen molar-refractivity contribution in [2.75, 3.05) is 0 Å². The molecule has 10 aromatic rings. The van der Waals surface area contributed by atoms with Gasteiger partial charge in [0.15, 0.2) is 17.5 Å². The fourth-order valence-corrected chi connectivity index (χ4v) is 6.92. The molecule has 228 valence electrons. The Morgan fingerprint density at radius 2 is 1.00 bits per heavy atom. The normalized spacial score (nSPS) is 11.7. The van der Waals surface area contributed by atoms with E-state index in [1.54, 1.807) is 0 Å². The zero-order chi connectivity index (χ0) is 32.3. The molecule has 0 saturated heterocycles. The van der Waals surface area contributed by atoms with Crippen molar-refractivity contribution in [3.8, 4) is 45.4 Å². The highest BCUT2D eigenvalue weighted by Gasteiger charge is 2.22. The van der Waals surface area contributed by atoms with Crippen molar-refractivity contribution in [2.45, 2.75) is 0 Å². The SMILES string of the molecule is c1ccc(-c2nc(-c3ccc4ccc5ccccc5c4c3)nc(-c3ncc(-c4ccccc4)c4oc5cc6ccccc6cc5c34)n2)cc1. The molecule has 0 aliphatic heterocycles. The monoisotopic (exact) mass is 626 g/mol. The lowest BCUT2D eigenvalue weighted by Gasteiger charge is -2.11. The largest absolute Gasteiger partial charge is 0.455 e. The van der Waals surface area contributed by atoms with Crippen LogP contribution in [0.5, 0.6) is 0 Å². The van der Waals surface area contributed by atoms with Gasteiger partial charge in [-0.15, -0.1) is 0 Å². The van der Waals surface area contributed by atoms with Crippen LogP contribution < -0.4 is 0 Å². The Morgan fingerprint density at radius 3 is 1.78 bits per heavy atom. The standard InChI is InChI=1S/C44H26N4O/c1-3-11-27(12-4-1)37-26-45-40(39-36-23-31-16-7-8-17-32(31)25-38(36)49-41(37)39)44-47-42(30-14-5-2-6-15-30)46-43(48-44)33-22-21-29-20-19-28-13-9-10-18-34(28)35(29)24-33/h1-26H. The highest BCUT2D eigenvalue weighted by Crippen LogP contribution is 2.41. The van der Waals surface area contributed by atoms with Crippen molar-refractivity contribution < 1.29 is 4.42 Å². The van der Waals surface area contributed by atoms with E-state index in [0.717, 1.165) is 65.7 Å². The summed E-state index contributed by atoms with van der Waals surface area (Å²) in [5.41, 5.74) is 5.94. The lowest BCUT2D eigenvalue weighted by Crippen LogP contribution is -2.02. The molecule has 10 rings (SSSR count). The summed E-state index contributed by atoms with van der Waals surface area (Å²) < 4.78 is 6.72. The third-order valence-electron chi connectivity index (χ3n) is 9.33. The minimum Gasteiger partial charge on any atom is -0.455 e. The molecular formula is C44H26N4O. The number of furan rings is 1. The van der Waals surface area contributed by atoms with Crippen LogP contribution in [-0.4, -0.2) is 19.9 Å². The van der Waals surface area contributed by atoms with Crippen LogP contribution in [0.15, 0.2) is 162 Å². The number of aromatic nitrogens is 4. The molecule has 3 heterocycles. The second-order valence-corrected chi connectivity index (χ2v) is 12.3. The van der Waals surface area contributed by atoms with Crippen LogP contribution in [0.4, 0.5) is 0 Å². The first-order chi connectivity index (χ1) is 24.3. The van der Waals surface area contributed by atoms with Crippen molar-refractivity contribution in [1.82, 2.24) is 19.9 Å². The molecule has 5 heteroatoms. The van der Waals surface area contributed by atoms with Gasteiger partial charge in [0.1, 0.15) is 16.9 Å². The van der Waals surface area contributed by atoms with Crippen LogP contribution in [0.2, 0.25) is 0 Å². The third kappa shape index (κ3) is 4.55. The molecule has 0 radical (unpaired) electrons. The fourth-order valence-electron chi connectivity index (χ4n) is 6.92. The molecule has 0 atom stereocenters. The summed E-state index contributed by atoms with van der Waals surface area (Å²) in [6.45, 7) is 0. The summed E-state index contributed by atoms with van der Waals surface area (Å²) in [4.78, 5) is 20.4. The molecule has 0 amide bonds. The highest BCUT2D eigenvalue weighted by molar-refractivity contribution is 6.17. The lowest BCUT2D eigenvalue weighted by molar-refractivity contribution is 0.670. The van der Waals surface area contributed by atoms with Gasteiger partial charge in [0, 0.05) is 28.3 Å². The fraction of sp³-hybridized carbons (Fsp3) is 0. The van der Waals surface area contributed by atoms with Crippen LogP contribution >= 0.6 is 0 Å². The predicted molar refractivity (Wildman–Crippen MR) is 199 cm³/mol. The van der Waals surface area contributed by atoms with Crippen molar-refractivity contribution in [3.05, 3.63) is 158 Å². The van der Waals surface area contributed by atoms with Gasteiger partial charge < -0.3 is 4.42 Å². The van der Waals surface area contributed by atoms with Crippen molar-refractivity contribution in [2.24, 2.45) is 0 Å². The Morgan fingerprint density at radius 1 is 0.408 bits per heavy atom. The summed E-state index contributed by atoms with van der Waals surface area (Å²) in [6, 6.07) is 52.1. The molecule has 3 aromatic heterocycles. The van der Waals surface area contributed by atoms with Crippen molar-refractivity contribution in [3.63, 3.8) is 0 Å². The zero-order valence-corrected chi connectivity index (χ0v) is 26.2. The Kier molecular flexibility index (Phi) is 6.11. The Hall–Kier alpha value is -6.72. The number of nitrogens with zero attached hydrogens (tertiary/aromatic N) is 4. The van der Waals surface area contributed by atoms with Crippen molar-refractivity contribution in [1.29, 1.82) is 0 Å². The highest BCUT2D eigenvalue weighted by atomic mass is 16.3. The van der Waals surface area contributed by atoms with Gasteiger partial charge in [-0.1, -0.05) is 133 Å². The summed E-state index contributed by atoms with van der Waals surface area (Å²) in [5.74, 6) is 1.65. The molecule has 5 nitrogen and oxygen atoms in total. The molecule has 49 heavy (non-hydrogen) atoms. The van der Waals surface area contributed by atoms with E-state index < -0.39 is 0 Å². The first-order valence-corrected chi connectivity index (χ1v) is 16.3. The van der Waals surface area contributed by atoms with E-state index in [-0.39, 0.29) is 0 Å². The lowest BCUT2D eigenvalue weighted by atomic mass is 9.99. The topological polar surface area (TPSA) is 64.7 Å². The predicted octanol–water partition coefficient (Wildman–Crippen LogP) is 11.3. The molecule has 0 spiro atoms. The molecule has 7 aromatic carbocycles. The van der Waals surface area contributed by atoms with Gasteiger partial charge in [-0.25, -0.2) is 15.0 Å². The van der Waals surface area contributed by atoms with Crippen LogP contribution in [-0.2, 0) is 0 Å². The molecule has 0 N–H and O–H groups in total. The molecule has 0 aliphatic carbocycles. The first kappa shape index (κ1) is 27.4. The van der Waals surface area contributed by atoms with E-state index in [9.17, 15) is 0 Å². The molecular weight excluding hydrogens is 601 g/mol. The number of benzene rings is 7. The van der Waals surface area contributed by atoms with E-state index >= 15 is 0 Å². The average Bonchev–Trinajstić information content (AvgIpc) is 3.55. The molecule has 0 saturated carbocycles. The van der Waals surface area contributed by atoms with E-state index in [1.807, 2.05) is 60.8 Å². The Balaban J connectivity index is 1.27. The van der Waals surface area contributed by atoms with Gasteiger partial charge >= 0.3 is 0 Å². The van der Waals surface area contributed by atoms with Crippen LogP contribution in [0.25, 0.3) is 99.7 Å². The van der Waals surface area contributed by atoms with Gasteiger partial charge in [-0.3, -0.25) is 4.98 Å².